The zero-order valence-electron chi connectivity index (χ0n) is 11.2. The van der Waals surface area contributed by atoms with E-state index >= 15 is 0 Å². The van der Waals surface area contributed by atoms with Crippen LogP contribution in [0.15, 0.2) is 0 Å². The molecule has 4 atom stereocenters. The number of unbranched alkanes of at least 4 members (excludes halogenated alkanes) is 2. The van der Waals surface area contributed by atoms with E-state index in [2.05, 4.69) is 31.0 Å². The normalized spacial score (nSPS) is 36.6. The van der Waals surface area contributed by atoms with Crippen LogP contribution >= 0.6 is 0 Å². The van der Waals surface area contributed by atoms with Crippen molar-refractivity contribution >= 4 is 0 Å². The van der Waals surface area contributed by atoms with Crippen molar-refractivity contribution in [1.82, 2.24) is 10.2 Å². The van der Waals surface area contributed by atoms with E-state index in [1.54, 1.807) is 0 Å². The average molecular weight is 224 g/mol. The molecule has 2 aliphatic heterocycles. The minimum Gasteiger partial charge on any atom is -0.316 e. The first-order valence-electron chi connectivity index (χ1n) is 7.20. The third-order valence-corrected chi connectivity index (χ3v) is 4.77. The molecule has 0 saturated carbocycles. The highest BCUT2D eigenvalue weighted by Crippen LogP contribution is 2.34. The van der Waals surface area contributed by atoms with Gasteiger partial charge in [-0.1, -0.05) is 26.2 Å². The van der Waals surface area contributed by atoms with Gasteiger partial charge in [-0.05, 0) is 45.2 Å². The van der Waals surface area contributed by atoms with Crippen LogP contribution in [0.4, 0.5) is 0 Å². The lowest BCUT2D eigenvalue weighted by atomic mass is 9.95. The van der Waals surface area contributed by atoms with Gasteiger partial charge in [0.2, 0.25) is 0 Å². The Bertz CT molecular complexity index is 217. The molecular formula is C14H28N2. The van der Waals surface area contributed by atoms with Gasteiger partial charge in [-0.2, -0.15) is 0 Å². The van der Waals surface area contributed by atoms with Crippen LogP contribution in [-0.2, 0) is 0 Å². The Kier molecular flexibility index (Phi) is 4.26. The zero-order valence-corrected chi connectivity index (χ0v) is 11.2. The first-order chi connectivity index (χ1) is 7.74. The number of fused-ring (bicyclic) bond motifs is 1. The van der Waals surface area contributed by atoms with Crippen molar-refractivity contribution in [3.05, 3.63) is 0 Å². The van der Waals surface area contributed by atoms with Gasteiger partial charge in [0.25, 0.3) is 0 Å². The molecule has 0 aliphatic carbocycles. The topological polar surface area (TPSA) is 15.3 Å². The maximum absolute atomic E-state index is 3.54. The van der Waals surface area contributed by atoms with Crippen molar-refractivity contribution < 1.29 is 0 Å². The molecule has 0 bridgehead atoms. The predicted octanol–water partition coefficient (Wildman–Crippen LogP) is 2.49. The summed E-state index contributed by atoms with van der Waals surface area (Å²) in [4.78, 5) is 2.77. The van der Waals surface area contributed by atoms with Gasteiger partial charge in [0, 0.05) is 18.6 Å². The van der Waals surface area contributed by atoms with E-state index in [9.17, 15) is 0 Å². The van der Waals surface area contributed by atoms with Crippen LogP contribution in [-0.4, -0.2) is 36.6 Å². The molecule has 4 unspecified atom stereocenters. The molecule has 2 aliphatic rings. The van der Waals surface area contributed by atoms with Gasteiger partial charge < -0.3 is 5.32 Å². The third-order valence-electron chi connectivity index (χ3n) is 4.77. The summed E-state index contributed by atoms with van der Waals surface area (Å²) in [5, 5.41) is 3.54. The van der Waals surface area contributed by atoms with E-state index in [0.717, 1.165) is 23.9 Å². The molecule has 0 spiro atoms. The van der Waals surface area contributed by atoms with E-state index < -0.39 is 0 Å². The molecule has 94 valence electrons. The molecule has 1 N–H and O–H groups in total. The fraction of sp³-hybridized carbons (Fsp3) is 1.00. The Balaban J connectivity index is 1.81. The van der Waals surface area contributed by atoms with Gasteiger partial charge in [0.05, 0.1) is 0 Å². The summed E-state index contributed by atoms with van der Waals surface area (Å²) in [5.74, 6) is 1.86. The molecule has 2 heteroatoms. The second kappa shape index (κ2) is 5.50. The first kappa shape index (κ1) is 12.4. The number of nitrogens with zero attached hydrogens (tertiary/aromatic N) is 1. The largest absolute Gasteiger partial charge is 0.316 e. The highest BCUT2D eigenvalue weighted by atomic mass is 15.2. The molecule has 0 aromatic carbocycles. The van der Waals surface area contributed by atoms with Crippen LogP contribution in [0.1, 0.15) is 46.5 Å². The summed E-state index contributed by atoms with van der Waals surface area (Å²) in [5.41, 5.74) is 0. The summed E-state index contributed by atoms with van der Waals surface area (Å²) in [6.07, 6.45) is 5.55. The second-order valence-corrected chi connectivity index (χ2v) is 5.86. The van der Waals surface area contributed by atoms with Crippen LogP contribution in [0, 0.1) is 11.8 Å². The standard InChI is InChI=1S/C14H28N2/c1-4-5-6-7-11(2)16-10-13-8-15-9-14(13)12(16)3/h11-15H,4-10H2,1-3H3. The summed E-state index contributed by atoms with van der Waals surface area (Å²) in [6, 6.07) is 1.60. The number of hydrogen-bond acceptors (Lipinski definition) is 2. The number of rotatable bonds is 5. The molecule has 0 amide bonds. The Labute approximate surface area is 101 Å². The van der Waals surface area contributed by atoms with Crippen molar-refractivity contribution in [3.8, 4) is 0 Å². The highest BCUT2D eigenvalue weighted by molar-refractivity contribution is 4.97. The van der Waals surface area contributed by atoms with Gasteiger partial charge in [-0.15, -0.1) is 0 Å². The summed E-state index contributed by atoms with van der Waals surface area (Å²) in [6.45, 7) is 11.0. The van der Waals surface area contributed by atoms with Crippen LogP contribution in [0.3, 0.4) is 0 Å². The maximum Gasteiger partial charge on any atom is 0.0114 e. The average Bonchev–Trinajstić information content (AvgIpc) is 2.82. The second-order valence-electron chi connectivity index (χ2n) is 5.86. The minimum atomic E-state index is 0.798. The Hall–Kier alpha value is -0.0800. The number of likely N-dealkylation sites (tertiary alicyclic amines) is 1. The van der Waals surface area contributed by atoms with Crippen molar-refractivity contribution in [2.24, 2.45) is 11.8 Å². The molecule has 2 nitrogen and oxygen atoms in total. The molecular weight excluding hydrogens is 196 g/mol. The van der Waals surface area contributed by atoms with Crippen molar-refractivity contribution in [1.29, 1.82) is 0 Å². The predicted molar refractivity (Wildman–Crippen MR) is 69.6 cm³/mol. The highest BCUT2D eigenvalue weighted by Gasteiger charge is 2.42. The lowest BCUT2D eigenvalue weighted by Crippen LogP contribution is -2.39. The smallest absolute Gasteiger partial charge is 0.0114 e. The molecule has 2 saturated heterocycles. The van der Waals surface area contributed by atoms with Gasteiger partial charge in [0.1, 0.15) is 0 Å². The van der Waals surface area contributed by atoms with E-state index in [-0.39, 0.29) is 0 Å². The first-order valence-corrected chi connectivity index (χ1v) is 7.20. The molecule has 2 rings (SSSR count). The van der Waals surface area contributed by atoms with Gasteiger partial charge >= 0.3 is 0 Å². The molecule has 2 fully saturated rings. The van der Waals surface area contributed by atoms with E-state index in [4.69, 9.17) is 0 Å². The lowest BCUT2D eigenvalue weighted by molar-refractivity contribution is 0.170. The van der Waals surface area contributed by atoms with Crippen LogP contribution in [0.2, 0.25) is 0 Å². The van der Waals surface area contributed by atoms with Crippen LogP contribution in [0.5, 0.6) is 0 Å². The fourth-order valence-electron chi connectivity index (χ4n) is 3.64. The zero-order chi connectivity index (χ0) is 11.5. The summed E-state index contributed by atoms with van der Waals surface area (Å²) in [7, 11) is 0. The van der Waals surface area contributed by atoms with Crippen molar-refractivity contribution in [3.63, 3.8) is 0 Å². The quantitative estimate of drug-likeness (QED) is 0.722. The Morgan fingerprint density at radius 3 is 2.81 bits per heavy atom. The number of hydrogen-bond donors (Lipinski definition) is 1. The number of nitrogens with one attached hydrogen (secondary N) is 1. The Morgan fingerprint density at radius 2 is 2.12 bits per heavy atom. The lowest BCUT2D eigenvalue weighted by Gasteiger charge is -2.30. The SMILES string of the molecule is CCCCCC(C)N1CC2CNCC2C1C. The monoisotopic (exact) mass is 224 g/mol. The summed E-state index contributed by atoms with van der Waals surface area (Å²) >= 11 is 0. The molecule has 16 heavy (non-hydrogen) atoms. The molecule has 0 aromatic heterocycles. The van der Waals surface area contributed by atoms with Crippen LogP contribution < -0.4 is 5.32 Å². The van der Waals surface area contributed by atoms with Crippen molar-refractivity contribution in [2.75, 3.05) is 19.6 Å². The van der Waals surface area contributed by atoms with Crippen LogP contribution in [0.25, 0.3) is 0 Å². The van der Waals surface area contributed by atoms with E-state index in [1.165, 1.54) is 45.3 Å². The van der Waals surface area contributed by atoms with E-state index in [1.807, 2.05) is 0 Å². The molecule has 0 aromatic rings. The van der Waals surface area contributed by atoms with Gasteiger partial charge in [-0.25, -0.2) is 0 Å². The summed E-state index contributed by atoms with van der Waals surface area (Å²) < 4.78 is 0. The molecule has 2 heterocycles. The third kappa shape index (κ3) is 2.43. The molecule has 0 radical (unpaired) electrons. The minimum absolute atomic E-state index is 0.798. The Morgan fingerprint density at radius 1 is 1.31 bits per heavy atom. The van der Waals surface area contributed by atoms with Gasteiger partial charge in [-0.3, -0.25) is 4.90 Å². The van der Waals surface area contributed by atoms with Crippen molar-refractivity contribution in [2.45, 2.75) is 58.5 Å². The van der Waals surface area contributed by atoms with Gasteiger partial charge in [0.15, 0.2) is 0 Å². The van der Waals surface area contributed by atoms with E-state index in [0.29, 0.717) is 0 Å². The fourth-order valence-corrected chi connectivity index (χ4v) is 3.64. The maximum atomic E-state index is 3.54.